The highest BCUT2D eigenvalue weighted by molar-refractivity contribution is 5.76. The normalized spacial score (nSPS) is 33.0. The first-order chi connectivity index (χ1) is 9.74. The SMILES string of the molecule is N[C@@H]1CCC[C@H]1CC(=O)N1CCC(N2CCCC2)CC1. The van der Waals surface area contributed by atoms with E-state index in [0.29, 0.717) is 18.2 Å². The quantitative estimate of drug-likeness (QED) is 0.853. The molecule has 1 aliphatic carbocycles. The molecule has 2 N–H and O–H groups in total. The monoisotopic (exact) mass is 279 g/mol. The largest absolute Gasteiger partial charge is 0.343 e. The summed E-state index contributed by atoms with van der Waals surface area (Å²) in [6.07, 6.45) is 9.21. The van der Waals surface area contributed by atoms with E-state index >= 15 is 0 Å². The number of piperidine rings is 1. The lowest BCUT2D eigenvalue weighted by Crippen LogP contribution is -2.46. The lowest BCUT2D eigenvalue weighted by Gasteiger charge is -2.37. The molecule has 0 radical (unpaired) electrons. The van der Waals surface area contributed by atoms with Crippen molar-refractivity contribution in [1.82, 2.24) is 9.80 Å². The number of amides is 1. The molecule has 0 unspecified atom stereocenters. The standard InChI is InChI=1S/C16H29N3O/c17-15-5-3-4-13(15)12-16(20)19-10-6-14(7-11-19)18-8-1-2-9-18/h13-15H,1-12,17H2/t13-,15+/m0/s1. The summed E-state index contributed by atoms with van der Waals surface area (Å²) in [5.74, 6) is 0.797. The van der Waals surface area contributed by atoms with Gasteiger partial charge >= 0.3 is 0 Å². The molecule has 114 valence electrons. The Kier molecular flexibility index (Phi) is 4.61. The number of hydrogen-bond acceptors (Lipinski definition) is 3. The van der Waals surface area contributed by atoms with Gasteiger partial charge in [-0.05, 0) is 57.5 Å². The van der Waals surface area contributed by atoms with E-state index in [1.807, 2.05) is 0 Å². The van der Waals surface area contributed by atoms with E-state index in [9.17, 15) is 4.79 Å². The molecule has 0 aromatic carbocycles. The van der Waals surface area contributed by atoms with Gasteiger partial charge in [0.1, 0.15) is 0 Å². The van der Waals surface area contributed by atoms with Gasteiger partial charge in [0.05, 0.1) is 0 Å². The van der Waals surface area contributed by atoms with Crippen LogP contribution in [-0.4, -0.2) is 54.0 Å². The highest BCUT2D eigenvalue weighted by Gasteiger charge is 2.31. The topological polar surface area (TPSA) is 49.6 Å². The lowest BCUT2D eigenvalue weighted by molar-refractivity contribution is -0.133. The third-order valence-electron chi connectivity index (χ3n) is 5.63. The Balaban J connectivity index is 1.44. The Bertz CT molecular complexity index is 333. The van der Waals surface area contributed by atoms with E-state index in [0.717, 1.165) is 32.0 Å². The number of rotatable bonds is 3. The maximum absolute atomic E-state index is 12.4. The van der Waals surface area contributed by atoms with Crippen LogP contribution in [-0.2, 0) is 4.79 Å². The number of carbonyl (C=O) groups is 1. The number of nitrogens with two attached hydrogens (primary N) is 1. The fraction of sp³-hybridized carbons (Fsp3) is 0.938. The van der Waals surface area contributed by atoms with Crippen molar-refractivity contribution < 1.29 is 4.79 Å². The van der Waals surface area contributed by atoms with Crippen molar-refractivity contribution in [3.63, 3.8) is 0 Å². The van der Waals surface area contributed by atoms with Gasteiger partial charge in [0.15, 0.2) is 0 Å². The van der Waals surface area contributed by atoms with Crippen LogP contribution in [0.25, 0.3) is 0 Å². The molecule has 2 saturated heterocycles. The minimum atomic E-state index is 0.265. The number of nitrogens with zero attached hydrogens (tertiary/aromatic N) is 2. The second-order valence-electron chi connectivity index (χ2n) is 6.91. The first-order valence-corrected chi connectivity index (χ1v) is 8.51. The summed E-state index contributed by atoms with van der Waals surface area (Å²) in [4.78, 5) is 17.1. The average Bonchev–Trinajstić information content (AvgIpc) is 3.12. The predicted molar refractivity (Wildman–Crippen MR) is 80.3 cm³/mol. The second kappa shape index (κ2) is 6.44. The smallest absolute Gasteiger partial charge is 0.222 e. The summed E-state index contributed by atoms with van der Waals surface area (Å²) < 4.78 is 0. The van der Waals surface area contributed by atoms with Crippen LogP contribution in [0.3, 0.4) is 0 Å². The van der Waals surface area contributed by atoms with Crippen molar-refractivity contribution >= 4 is 5.91 Å². The van der Waals surface area contributed by atoms with Crippen molar-refractivity contribution in [2.45, 2.75) is 63.5 Å². The van der Waals surface area contributed by atoms with Gasteiger partial charge in [0.25, 0.3) is 0 Å². The van der Waals surface area contributed by atoms with E-state index in [-0.39, 0.29) is 6.04 Å². The summed E-state index contributed by atoms with van der Waals surface area (Å²) in [5, 5.41) is 0. The van der Waals surface area contributed by atoms with Crippen LogP contribution < -0.4 is 5.73 Å². The molecule has 1 saturated carbocycles. The molecule has 2 aliphatic heterocycles. The van der Waals surface area contributed by atoms with Gasteiger partial charge in [-0.1, -0.05) is 6.42 Å². The Morgan fingerprint density at radius 2 is 1.65 bits per heavy atom. The fourth-order valence-corrected chi connectivity index (χ4v) is 4.26. The summed E-state index contributed by atoms with van der Waals surface area (Å²) in [7, 11) is 0. The molecule has 1 amide bonds. The predicted octanol–water partition coefficient (Wildman–Crippen LogP) is 1.59. The third kappa shape index (κ3) is 3.17. The second-order valence-corrected chi connectivity index (χ2v) is 6.91. The maximum atomic E-state index is 12.4. The van der Waals surface area contributed by atoms with Crippen molar-refractivity contribution in [2.24, 2.45) is 11.7 Å². The van der Waals surface area contributed by atoms with Crippen LogP contribution in [0.5, 0.6) is 0 Å². The molecule has 3 fully saturated rings. The van der Waals surface area contributed by atoms with Crippen molar-refractivity contribution in [3.8, 4) is 0 Å². The van der Waals surface area contributed by atoms with Crippen LogP contribution in [0.2, 0.25) is 0 Å². The first kappa shape index (κ1) is 14.3. The molecule has 0 spiro atoms. The van der Waals surface area contributed by atoms with Gasteiger partial charge in [0.2, 0.25) is 5.91 Å². The van der Waals surface area contributed by atoms with Gasteiger partial charge < -0.3 is 15.5 Å². The van der Waals surface area contributed by atoms with Gasteiger partial charge in [-0.15, -0.1) is 0 Å². The highest BCUT2D eigenvalue weighted by atomic mass is 16.2. The molecule has 4 nitrogen and oxygen atoms in total. The summed E-state index contributed by atoms with van der Waals surface area (Å²) in [6.45, 7) is 4.47. The Hall–Kier alpha value is -0.610. The zero-order valence-corrected chi connectivity index (χ0v) is 12.6. The van der Waals surface area contributed by atoms with Crippen LogP contribution in [0.15, 0.2) is 0 Å². The van der Waals surface area contributed by atoms with Gasteiger partial charge in [-0.3, -0.25) is 4.79 Å². The van der Waals surface area contributed by atoms with Gasteiger partial charge in [0, 0.05) is 31.6 Å². The minimum absolute atomic E-state index is 0.265. The molecule has 0 aromatic rings. The maximum Gasteiger partial charge on any atom is 0.222 e. The molecule has 0 bridgehead atoms. The highest BCUT2D eigenvalue weighted by Crippen LogP contribution is 2.28. The summed E-state index contributed by atoms with van der Waals surface area (Å²) in [6, 6.07) is 0.997. The van der Waals surface area contributed by atoms with E-state index < -0.39 is 0 Å². The molecule has 20 heavy (non-hydrogen) atoms. The number of likely N-dealkylation sites (tertiary alicyclic amines) is 2. The Morgan fingerprint density at radius 1 is 0.950 bits per heavy atom. The van der Waals surface area contributed by atoms with E-state index in [1.54, 1.807) is 0 Å². The molecular weight excluding hydrogens is 250 g/mol. The van der Waals surface area contributed by atoms with Crippen molar-refractivity contribution in [2.75, 3.05) is 26.2 Å². The van der Waals surface area contributed by atoms with Gasteiger partial charge in [-0.2, -0.15) is 0 Å². The van der Waals surface area contributed by atoms with Gasteiger partial charge in [-0.25, -0.2) is 0 Å². The summed E-state index contributed by atoms with van der Waals surface area (Å²) in [5.41, 5.74) is 6.08. The zero-order chi connectivity index (χ0) is 13.9. The minimum Gasteiger partial charge on any atom is -0.343 e. The molecule has 3 rings (SSSR count). The lowest BCUT2D eigenvalue weighted by atomic mass is 9.97. The molecular formula is C16H29N3O. The first-order valence-electron chi connectivity index (χ1n) is 8.51. The Labute approximate surface area is 122 Å². The number of carbonyl (C=O) groups excluding carboxylic acids is 1. The zero-order valence-electron chi connectivity index (χ0n) is 12.6. The van der Waals surface area contributed by atoms with Crippen LogP contribution in [0, 0.1) is 5.92 Å². The number of hydrogen-bond donors (Lipinski definition) is 1. The molecule has 0 aromatic heterocycles. The van der Waals surface area contributed by atoms with E-state index in [2.05, 4.69) is 9.80 Å². The van der Waals surface area contributed by atoms with Crippen LogP contribution in [0.1, 0.15) is 51.4 Å². The average molecular weight is 279 g/mol. The Morgan fingerprint density at radius 3 is 2.25 bits per heavy atom. The van der Waals surface area contributed by atoms with E-state index in [1.165, 1.54) is 45.2 Å². The van der Waals surface area contributed by atoms with Crippen molar-refractivity contribution in [3.05, 3.63) is 0 Å². The van der Waals surface area contributed by atoms with E-state index in [4.69, 9.17) is 5.73 Å². The molecule has 3 aliphatic rings. The van der Waals surface area contributed by atoms with Crippen molar-refractivity contribution in [1.29, 1.82) is 0 Å². The molecule has 2 atom stereocenters. The third-order valence-corrected chi connectivity index (χ3v) is 5.63. The van der Waals surface area contributed by atoms with Crippen LogP contribution >= 0.6 is 0 Å². The molecule has 2 heterocycles. The fourth-order valence-electron chi connectivity index (χ4n) is 4.26. The van der Waals surface area contributed by atoms with Crippen LogP contribution in [0.4, 0.5) is 0 Å². The summed E-state index contributed by atoms with van der Waals surface area (Å²) >= 11 is 0. The molecule has 4 heteroatoms.